The molecular weight excluding hydrogens is 176 g/mol. The standard InChI is InChI=1S/C8H14O3S/c1-12-6-4-2-3-5-7(9)8(10)11/h2-6H2,1H3,(H,10,11). The van der Waals surface area contributed by atoms with Gasteiger partial charge in [0, 0.05) is 6.42 Å². The summed E-state index contributed by atoms with van der Waals surface area (Å²) in [6.07, 6.45) is 4.92. The minimum absolute atomic E-state index is 0.184. The van der Waals surface area contributed by atoms with Gasteiger partial charge in [-0.1, -0.05) is 6.42 Å². The molecule has 0 aromatic heterocycles. The highest BCUT2D eigenvalue weighted by Gasteiger charge is 2.09. The molecule has 0 amide bonds. The Kier molecular flexibility index (Phi) is 6.85. The van der Waals surface area contributed by atoms with E-state index in [4.69, 9.17) is 5.11 Å². The molecule has 0 heterocycles. The van der Waals surface area contributed by atoms with E-state index in [2.05, 4.69) is 0 Å². The molecule has 0 rings (SSSR count). The second-order valence-electron chi connectivity index (χ2n) is 2.53. The smallest absolute Gasteiger partial charge is 0.372 e. The fraction of sp³-hybridized carbons (Fsp3) is 0.750. The Morgan fingerprint density at radius 3 is 2.42 bits per heavy atom. The summed E-state index contributed by atoms with van der Waals surface area (Å²) in [5.74, 6) is -0.889. The average molecular weight is 190 g/mol. The SMILES string of the molecule is CSCCCCCC(=O)C(=O)O. The Morgan fingerprint density at radius 1 is 1.25 bits per heavy atom. The molecular formula is C8H14O3S. The van der Waals surface area contributed by atoms with E-state index < -0.39 is 11.8 Å². The Hall–Kier alpha value is -0.510. The summed E-state index contributed by atoms with van der Waals surface area (Å²) in [5.41, 5.74) is 0. The third-order valence-corrected chi connectivity index (χ3v) is 2.19. The molecule has 0 aliphatic heterocycles. The average Bonchev–Trinajstić information content (AvgIpc) is 2.03. The zero-order valence-corrected chi connectivity index (χ0v) is 8.02. The second-order valence-corrected chi connectivity index (χ2v) is 3.52. The molecule has 0 aliphatic rings. The van der Waals surface area contributed by atoms with E-state index in [1.54, 1.807) is 11.8 Å². The van der Waals surface area contributed by atoms with Crippen LogP contribution in [0.15, 0.2) is 0 Å². The maximum absolute atomic E-state index is 10.6. The molecule has 70 valence electrons. The van der Waals surface area contributed by atoms with Crippen molar-refractivity contribution in [2.75, 3.05) is 12.0 Å². The van der Waals surface area contributed by atoms with Crippen LogP contribution in [-0.2, 0) is 9.59 Å². The Morgan fingerprint density at radius 2 is 1.92 bits per heavy atom. The van der Waals surface area contributed by atoms with Crippen molar-refractivity contribution in [2.45, 2.75) is 25.7 Å². The van der Waals surface area contributed by atoms with E-state index in [1.807, 2.05) is 6.26 Å². The van der Waals surface area contributed by atoms with Gasteiger partial charge in [-0.05, 0) is 24.9 Å². The van der Waals surface area contributed by atoms with E-state index in [9.17, 15) is 9.59 Å². The molecule has 0 atom stereocenters. The summed E-state index contributed by atoms with van der Waals surface area (Å²) < 4.78 is 0. The lowest BCUT2D eigenvalue weighted by atomic mass is 10.1. The zero-order valence-electron chi connectivity index (χ0n) is 7.21. The molecule has 3 nitrogen and oxygen atoms in total. The number of aliphatic carboxylic acids is 1. The number of hydrogen-bond donors (Lipinski definition) is 1. The number of carbonyl (C=O) groups excluding carboxylic acids is 1. The van der Waals surface area contributed by atoms with Gasteiger partial charge < -0.3 is 5.11 Å². The van der Waals surface area contributed by atoms with Crippen molar-refractivity contribution in [3.8, 4) is 0 Å². The topological polar surface area (TPSA) is 54.4 Å². The maximum atomic E-state index is 10.6. The van der Waals surface area contributed by atoms with Gasteiger partial charge in [-0.25, -0.2) is 4.79 Å². The molecule has 4 heteroatoms. The molecule has 0 aromatic rings. The van der Waals surface area contributed by atoms with Crippen LogP contribution in [0.5, 0.6) is 0 Å². The molecule has 1 N–H and O–H groups in total. The van der Waals surface area contributed by atoms with Gasteiger partial charge in [-0.15, -0.1) is 0 Å². The highest BCUT2D eigenvalue weighted by Crippen LogP contribution is 2.04. The number of thioether (sulfide) groups is 1. The largest absolute Gasteiger partial charge is 0.476 e. The third kappa shape index (κ3) is 6.22. The van der Waals surface area contributed by atoms with Gasteiger partial charge in [0.25, 0.3) is 0 Å². The molecule has 0 fully saturated rings. The van der Waals surface area contributed by atoms with Crippen LogP contribution >= 0.6 is 11.8 Å². The number of rotatable bonds is 7. The van der Waals surface area contributed by atoms with Crippen molar-refractivity contribution in [2.24, 2.45) is 0 Å². The first-order valence-corrected chi connectivity index (χ1v) is 5.33. The first-order valence-electron chi connectivity index (χ1n) is 3.93. The van der Waals surface area contributed by atoms with Crippen molar-refractivity contribution < 1.29 is 14.7 Å². The quantitative estimate of drug-likeness (QED) is 0.489. The first kappa shape index (κ1) is 11.5. The molecule has 0 saturated carbocycles. The van der Waals surface area contributed by atoms with E-state index in [0.29, 0.717) is 6.42 Å². The van der Waals surface area contributed by atoms with Crippen LogP contribution in [0.3, 0.4) is 0 Å². The summed E-state index contributed by atoms with van der Waals surface area (Å²) in [4.78, 5) is 20.6. The van der Waals surface area contributed by atoms with Crippen LogP contribution < -0.4 is 0 Å². The van der Waals surface area contributed by atoms with Gasteiger partial charge in [-0.3, -0.25) is 4.79 Å². The number of Topliss-reactive ketones (excluding diaryl/α,β-unsaturated/α-hetero) is 1. The number of carbonyl (C=O) groups is 2. The molecule has 0 saturated heterocycles. The molecule has 0 radical (unpaired) electrons. The number of unbranched alkanes of at least 4 members (excludes halogenated alkanes) is 2. The van der Waals surface area contributed by atoms with E-state index in [1.165, 1.54) is 0 Å². The van der Waals surface area contributed by atoms with Crippen LogP contribution in [-0.4, -0.2) is 28.9 Å². The number of carboxylic acid groups (broad SMARTS) is 1. The third-order valence-electron chi connectivity index (χ3n) is 1.49. The first-order chi connectivity index (χ1) is 5.68. The monoisotopic (exact) mass is 190 g/mol. The molecule has 0 aliphatic carbocycles. The number of hydrogen-bond acceptors (Lipinski definition) is 3. The minimum Gasteiger partial charge on any atom is -0.476 e. The number of carboxylic acids is 1. The molecule has 0 aromatic carbocycles. The fourth-order valence-electron chi connectivity index (χ4n) is 0.816. The Bertz CT molecular complexity index is 156. The van der Waals surface area contributed by atoms with Gasteiger partial charge in [0.05, 0.1) is 0 Å². The van der Waals surface area contributed by atoms with Gasteiger partial charge in [-0.2, -0.15) is 11.8 Å². The molecule has 0 bridgehead atoms. The molecule has 0 unspecified atom stereocenters. The van der Waals surface area contributed by atoms with Gasteiger partial charge >= 0.3 is 5.97 Å². The van der Waals surface area contributed by atoms with Crippen LogP contribution in [0.1, 0.15) is 25.7 Å². The predicted molar refractivity (Wildman–Crippen MR) is 49.5 cm³/mol. The van der Waals surface area contributed by atoms with Crippen molar-refractivity contribution in [1.29, 1.82) is 0 Å². The van der Waals surface area contributed by atoms with Crippen molar-refractivity contribution in [1.82, 2.24) is 0 Å². The van der Waals surface area contributed by atoms with E-state index >= 15 is 0 Å². The summed E-state index contributed by atoms with van der Waals surface area (Å²) in [5, 5.41) is 8.23. The summed E-state index contributed by atoms with van der Waals surface area (Å²) in [6, 6.07) is 0. The molecule has 0 spiro atoms. The van der Waals surface area contributed by atoms with E-state index in [0.717, 1.165) is 18.6 Å². The Balaban J connectivity index is 3.20. The van der Waals surface area contributed by atoms with Gasteiger partial charge in [0.1, 0.15) is 0 Å². The van der Waals surface area contributed by atoms with Crippen LogP contribution in [0.25, 0.3) is 0 Å². The van der Waals surface area contributed by atoms with Crippen LogP contribution in [0.4, 0.5) is 0 Å². The lowest BCUT2D eigenvalue weighted by Gasteiger charge is -1.96. The number of ketones is 1. The summed E-state index contributed by atoms with van der Waals surface area (Å²) >= 11 is 1.77. The lowest BCUT2D eigenvalue weighted by Crippen LogP contribution is -2.11. The fourth-order valence-corrected chi connectivity index (χ4v) is 1.31. The summed E-state index contributed by atoms with van der Waals surface area (Å²) in [7, 11) is 0. The zero-order chi connectivity index (χ0) is 9.40. The van der Waals surface area contributed by atoms with E-state index in [-0.39, 0.29) is 6.42 Å². The summed E-state index contributed by atoms with van der Waals surface area (Å²) in [6.45, 7) is 0. The molecule has 12 heavy (non-hydrogen) atoms. The van der Waals surface area contributed by atoms with Crippen LogP contribution in [0, 0.1) is 0 Å². The van der Waals surface area contributed by atoms with Gasteiger partial charge in [0.2, 0.25) is 5.78 Å². The van der Waals surface area contributed by atoms with Crippen molar-refractivity contribution in [3.05, 3.63) is 0 Å². The maximum Gasteiger partial charge on any atom is 0.372 e. The second kappa shape index (κ2) is 7.16. The van der Waals surface area contributed by atoms with Crippen LogP contribution in [0.2, 0.25) is 0 Å². The highest BCUT2D eigenvalue weighted by atomic mass is 32.2. The van der Waals surface area contributed by atoms with Crippen molar-refractivity contribution >= 4 is 23.5 Å². The lowest BCUT2D eigenvalue weighted by molar-refractivity contribution is -0.149. The van der Waals surface area contributed by atoms with Gasteiger partial charge in [0.15, 0.2) is 0 Å². The highest BCUT2D eigenvalue weighted by molar-refractivity contribution is 7.98. The minimum atomic E-state index is -1.31. The van der Waals surface area contributed by atoms with Crippen molar-refractivity contribution in [3.63, 3.8) is 0 Å². The normalized spacial score (nSPS) is 9.75. The predicted octanol–water partition coefficient (Wildman–Crippen LogP) is 1.56. The Labute approximate surface area is 76.5 Å².